The van der Waals surface area contributed by atoms with Crippen LogP contribution in [-0.4, -0.2) is 36.5 Å². The maximum Gasteiger partial charge on any atom is 0.318 e. The second kappa shape index (κ2) is 7.58. The zero-order valence-electron chi connectivity index (χ0n) is 11.3. The Labute approximate surface area is 108 Å². The van der Waals surface area contributed by atoms with Gasteiger partial charge in [0, 0.05) is 6.54 Å². The van der Waals surface area contributed by atoms with Crippen LogP contribution in [0.5, 0.6) is 0 Å². The molecule has 0 spiro atoms. The van der Waals surface area contributed by atoms with Crippen molar-refractivity contribution in [2.45, 2.75) is 39.4 Å². The molecule has 0 aliphatic carbocycles. The van der Waals surface area contributed by atoms with Crippen LogP contribution in [0.15, 0.2) is 0 Å². The van der Waals surface area contributed by atoms with Gasteiger partial charge in [0.25, 0.3) is 0 Å². The van der Waals surface area contributed by atoms with Gasteiger partial charge in [-0.25, -0.2) is 0 Å². The van der Waals surface area contributed by atoms with Crippen molar-refractivity contribution >= 4 is 23.6 Å². The van der Waals surface area contributed by atoms with E-state index < -0.39 is 0 Å². The standard InChI is InChI=1S/C12H23NO3S/c1-9(11(15)16-5)17-8-10(14)13-7-6-12(2,3)4/h9H,6-8H2,1-5H3,(H,13,14). The Morgan fingerprint density at radius 2 is 1.94 bits per heavy atom. The zero-order valence-corrected chi connectivity index (χ0v) is 12.1. The molecule has 1 unspecified atom stereocenters. The monoisotopic (exact) mass is 261 g/mol. The van der Waals surface area contributed by atoms with Gasteiger partial charge in [-0.05, 0) is 18.8 Å². The van der Waals surface area contributed by atoms with Crippen molar-refractivity contribution in [3.63, 3.8) is 0 Å². The SMILES string of the molecule is COC(=O)C(C)SCC(=O)NCCC(C)(C)C. The Bertz CT molecular complexity index is 261. The van der Waals surface area contributed by atoms with E-state index in [9.17, 15) is 9.59 Å². The molecule has 0 bridgehead atoms. The Balaban J connectivity index is 3.70. The third-order valence-corrected chi connectivity index (χ3v) is 3.32. The van der Waals surface area contributed by atoms with E-state index >= 15 is 0 Å². The summed E-state index contributed by atoms with van der Waals surface area (Å²) in [5.74, 6) is -0.0343. The number of nitrogens with one attached hydrogen (secondary N) is 1. The second-order valence-electron chi connectivity index (χ2n) is 5.14. The predicted molar refractivity (Wildman–Crippen MR) is 71.0 cm³/mol. The Morgan fingerprint density at radius 3 is 2.41 bits per heavy atom. The predicted octanol–water partition coefficient (Wildman–Crippen LogP) is 1.83. The molecule has 0 rings (SSSR count). The number of methoxy groups -OCH3 is 1. The van der Waals surface area contributed by atoms with Gasteiger partial charge in [0.15, 0.2) is 0 Å². The summed E-state index contributed by atoms with van der Waals surface area (Å²) in [7, 11) is 1.35. The van der Waals surface area contributed by atoms with Crippen molar-refractivity contribution in [1.82, 2.24) is 5.32 Å². The molecule has 0 aromatic heterocycles. The van der Waals surface area contributed by atoms with Gasteiger partial charge >= 0.3 is 5.97 Å². The Kier molecular flexibility index (Phi) is 7.27. The highest BCUT2D eigenvalue weighted by atomic mass is 32.2. The Morgan fingerprint density at radius 1 is 1.35 bits per heavy atom. The molecular formula is C12H23NO3S. The number of hydrogen-bond donors (Lipinski definition) is 1. The van der Waals surface area contributed by atoms with E-state index in [2.05, 4.69) is 30.8 Å². The maximum atomic E-state index is 11.5. The summed E-state index contributed by atoms with van der Waals surface area (Å²) in [5.41, 5.74) is 0.222. The van der Waals surface area contributed by atoms with Crippen molar-refractivity contribution in [2.24, 2.45) is 5.41 Å². The maximum absolute atomic E-state index is 11.5. The first-order valence-corrected chi connectivity index (χ1v) is 6.77. The molecule has 0 saturated carbocycles. The van der Waals surface area contributed by atoms with Crippen LogP contribution < -0.4 is 5.32 Å². The fourth-order valence-corrected chi connectivity index (χ4v) is 1.80. The fraction of sp³-hybridized carbons (Fsp3) is 0.833. The van der Waals surface area contributed by atoms with Gasteiger partial charge in [0.1, 0.15) is 5.25 Å². The highest BCUT2D eigenvalue weighted by Gasteiger charge is 2.15. The molecule has 0 aliphatic heterocycles. The number of hydrogen-bond acceptors (Lipinski definition) is 4. The summed E-state index contributed by atoms with van der Waals surface area (Å²) in [4.78, 5) is 22.6. The van der Waals surface area contributed by atoms with Crippen LogP contribution >= 0.6 is 11.8 Å². The lowest BCUT2D eigenvalue weighted by Crippen LogP contribution is -2.29. The summed E-state index contributed by atoms with van der Waals surface area (Å²) in [6.07, 6.45) is 0.940. The minimum absolute atomic E-state index is 0.0324. The van der Waals surface area contributed by atoms with Crippen molar-refractivity contribution in [2.75, 3.05) is 19.4 Å². The lowest BCUT2D eigenvalue weighted by atomic mass is 9.92. The molecule has 17 heavy (non-hydrogen) atoms. The van der Waals surface area contributed by atoms with E-state index in [0.717, 1.165) is 6.42 Å². The smallest absolute Gasteiger partial charge is 0.318 e. The van der Waals surface area contributed by atoms with Crippen molar-refractivity contribution in [3.05, 3.63) is 0 Å². The summed E-state index contributed by atoms with van der Waals surface area (Å²) in [6, 6.07) is 0. The number of carbonyl (C=O) groups excluding carboxylic acids is 2. The summed E-state index contributed by atoms with van der Waals surface area (Å²) in [5, 5.41) is 2.54. The molecule has 100 valence electrons. The van der Waals surface area contributed by atoms with E-state index in [1.54, 1.807) is 6.92 Å². The first kappa shape index (κ1) is 16.3. The van der Waals surface area contributed by atoms with Gasteiger partial charge < -0.3 is 10.1 Å². The van der Waals surface area contributed by atoms with Crippen LogP contribution in [-0.2, 0) is 14.3 Å². The molecule has 0 radical (unpaired) electrons. The molecule has 4 nitrogen and oxygen atoms in total. The highest BCUT2D eigenvalue weighted by molar-refractivity contribution is 8.01. The van der Waals surface area contributed by atoms with Crippen molar-refractivity contribution in [3.8, 4) is 0 Å². The molecule has 0 aliphatic rings. The van der Waals surface area contributed by atoms with Crippen LogP contribution in [0.3, 0.4) is 0 Å². The average Bonchev–Trinajstić information content (AvgIpc) is 2.22. The van der Waals surface area contributed by atoms with Gasteiger partial charge in [0.05, 0.1) is 12.9 Å². The first-order valence-electron chi connectivity index (χ1n) is 5.72. The molecule has 0 aromatic rings. The second-order valence-corrected chi connectivity index (χ2v) is 6.47. The quantitative estimate of drug-likeness (QED) is 0.741. The number of carbonyl (C=O) groups is 2. The summed E-state index contributed by atoms with van der Waals surface area (Å²) >= 11 is 1.29. The number of rotatable bonds is 6. The highest BCUT2D eigenvalue weighted by Crippen LogP contribution is 2.17. The third kappa shape index (κ3) is 9.03. The summed E-state index contributed by atoms with van der Waals surface area (Å²) in [6.45, 7) is 8.81. The summed E-state index contributed by atoms with van der Waals surface area (Å²) < 4.78 is 4.58. The first-order chi connectivity index (χ1) is 7.76. The minimum atomic E-state index is -0.298. The van der Waals surface area contributed by atoms with E-state index in [1.807, 2.05) is 0 Å². The lowest BCUT2D eigenvalue weighted by Gasteiger charge is -2.18. The van der Waals surface area contributed by atoms with Crippen LogP contribution in [0, 0.1) is 5.41 Å². The van der Waals surface area contributed by atoms with Gasteiger partial charge in [-0.3, -0.25) is 9.59 Å². The van der Waals surface area contributed by atoms with Crippen LogP contribution in [0.2, 0.25) is 0 Å². The van der Waals surface area contributed by atoms with E-state index in [4.69, 9.17) is 0 Å². The van der Waals surface area contributed by atoms with Crippen molar-refractivity contribution in [1.29, 1.82) is 0 Å². The Hall–Kier alpha value is -0.710. The molecule has 0 fully saturated rings. The van der Waals surface area contributed by atoms with Gasteiger partial charge in [0.2, 0.25) is 5.91 Å². The molecule has 0 heterocycles. The van der Waals surface area contributed by atoms with E-state index in [0.29, 0.717) is 12.3 Å². The number of esters is 1. The van der Waals surface area contributed by atoms with Crippen LogP contribution in [0.4, 0.5) is 0 Å². The minimum Gasteiger partial charge on any atom is -0.468 e. The number of thioether (sulfide) groups is 1. The molecule has 0 saturated heterocycles. The normalized spacial score (nSPS) is 13.0. The largest absolute Gasteiger partial charge is 0.468 e. The fourth-order valence-electron chi connectivity index (χ4n) is 1.06. The molecule has 5 heteroatoms. The lowest BCUT2D eigenvalue weighted by molar-refractivity contribution is -0.139. The zero-order chi connectivity index (χ0) is 13.5. The number of ether oxygens (including phenoxy) is 1. The van der Waals surface area contributed by atoms with Gasteiger partial charge in [-0.1, -0.05) is 20.8 Å². The van der Waals surface area contributed by atoms with E-state index in [-0.39, 0.29) is 22.5 Å². The third-order valence-electron chi connectivity index (χ3n) is 2.19. The topological polar surface area (TPSA) is 55.4 Å². The molecular weight excluding hydrogens is 238 g/mol. The molecule has 0 aromatic carbocycles. The number of amides is 1. The van der Waals surface area contributed by atoms with E-state index in [1.165, 1.54) is 18.9 Å². The average molecular weight is 261 g/mol. The molecule has 1 amide bonds. The van der Waals surface area contributed by atoms with Crippen LogP contribution in [0.25, 0.3) is 0 Å². The molecule has 1 atom stereocenters. The molecule has 1 N–H and O–H groups in total. The van der Waals surface area contributed by atoms with Crippen molar-refractivity contribution < 1.29 is 14.3 Å². The van der Waals surface area contributed by atoms with Gasteiger partial charge in [-0.2, -0.15) is 0 Å². The van der Waals surface area contributed by atoms with Gasteiger partial charge in [-0.15, -0.1) is 11.8 Å². The van der Waals surface area contributed by atoms with Crippen LogP contribution in [0.1, 0.15) is 34.1 Å².